The first-order valence-corrected chi connectivity index (χ1v) is 12.8. The van der Waals surface area contributed by atoms with Gasteiger partial charge < -0.3 is 30.7 Å². The number of hydrogen-bond donors (Lipinski definition) is 4. The summed E-state index contributed by atoms with van der Waals surface area (Å²) in [6.45, 7) is 2.15. The Hall–Kier alpha value is -3.76. The van der Waals surface area contributed by atoms with E-state index in [0.29, 0.717) is 61.6 Å². The number of unbranched alkanes of at least 4 members (excludes halogenated alkanes) is 1. The molecule has 0 spiro atoms. The van der Waals surface area contributed by atoms with E-state index in [-0.39, 0.29) is 36.5 Å². The average Bonchev–Trinajstić information content (AvgIpc) is 2.91. The molecule has 0 saturated heterocycles. The number of methoxy groups -OCH3 is 2. The van der Waals surface area contributed by atoms with E-state index >= 15 is 0 Å². The van der Waals surface area contributed by atoms with Crippen LogP contribution in [-0.4, -0.2) is 64.2 Å². The van der Waals surface area contributed by atoms with E-state index in [1.807, 2.05) is 0 Å². The summed E-state index contributed by atoms with van der Waals surface area (Å²) < 4.78 is 9.93. The van der Waals surface area contributed by atoms with Gasteiger partial charge in [0.05, 0.1) is 0 Å². The van der Waals surface area contributed by atoms with Gasteiger partial charge in [-0.05, 0) is 62.1 Å². The Bertz CT molecular complexity index is 976. The molecule has 0 aliphatic rings. The Morgan fingerprint density at radius 2 is 1.05 bits per heavy atom. The van der Waals surface area contributed by atoms with Gasteiger partial charge in [-0.15, -0.1) is 0 Å². The number of hydrogen-bond acceptors (Lipinski definition) is 6. The van der Waals surface area contributed by atoms with Crippen LogP contribution in [0.15, 0.2) is 48.5 Å². The first-order chi connectivity index (χ1) is 18.4. The van der Waals surface area contributed by atoms with E-state index in [1.54, 1.807) is 62.8 Å². The van der Waals surface area contributed by atoms with Gasteiger partial charge in [-0.2, -0.15) is 0 Å². The molecule has 10 nitrogen and oxygen atoms in total. The molecular weight excluding hydrogens is 488 g/mol. The van der Waals surface area contributed by atoms with Crippen molar-refractivity contribution in [1.82, 2.24) is 10.6 Å². The standard InChI is InChI=1S/C28H38N4O6/c1-37-17-7-15-29-27(35)21-9-5-11-23(19-21)31-25(33)13-3-4-14-26(34)32-24-12-6-10-22(20-24)28(36)30-16-8-18-38-2/h5-6,9-12,19-20H,3-4,7-8,13-18H2,1-2H3,(H,29,35)(H,30,36)(H,31,33)(H,32,34). The maximum atomic E-state index is 12.3. The molecule has 2 aromatic rings. The van der Waals surface area contributed by atoms with Crippen LogP contribution < -0.4 is 21.3 Å². The molecule has 206 valence electrons. The minimum atomic E-state index is -0.212. The van der Waals surface area contributed by atoms with Crippen LogP contribution in [-0.2, 0) is 19.1 Å². The third kappa shape index (κ3) is 12.0. The normalized spacial score (nSPS) is 10.5. The second-order valence-electron chi connectivity index (χ2n) is 8.67. The van der Waals surface area contributed by atoms with Crippen molar-refractivity contribution >= 4 is 35.0 Å². The zero-order chi connectivity index (χ0) is 27.6. The van der Waals surface area contributed by atoms with Crippen molar-refractivity contribution in [1.29, 1.82) is 0 Å². The van der Waals surface area contributed by atoms with Gasteiger partial charge in [-0.25, -0.2) is 0 Å². The third-order valence-electron chi connectivity index (χ3n) is 5.50. The highest BCUT2D eigenvalue weighted by atomic mass is 16.5. The summed E-state index contributed by atoms with van der Waals surface area (Å²) >= 11 is 0. The maximum Gasteiger partial charge on any atom is 0.251 e. The Morgan fingerprint density at radius 1 is 0.632 bits per heavy atom. The lowest BCUT2D eigenvalue weighted by molar-refractivity contribution is -0.118. The SMILES string of the molecule is COCCCNC(=O)c1cccc(NC(=O)CCCCC(=O)Nc2cccc(C(=O)NCCCOC)c2)c1. The van der Waals surface area contributed by atoms with Crippen LogP contribution in [0.1, 0.15) is 59.2 Å². The number of benzene rings is 2. The lowest BCUT2D eigenvalue weighted by Crippen LogP contribution is -2.25. The lowest BCUT2D eigenvalue weighted by Gasteiger charge is -2.09. The molecule has 0 aliphatic heterocycles. The molecule has 4 amide bonds. The molecule has 4 N–H and O–H groups in total. The van der Waals surface area contributed by atoms with Crippen LogP contribution in [0.2, 0.25) is 0 Å². The molecule has 0 bridgehead atoms. The van der Waals surface area contributed by atoms with Crippen molar-refractivity contribution in [2.24, 2.45) is 0 Å². The van der Waals surface area contributed by atoms with Crippen molar-refractivity contribution in [3.05, 3.63) is 59.7 Å². The molecule has 0 aliphatic carbocycles. The number of ether oxygens (including phenoxy) is 2. The first-order valence-electron chi connectivity index (χ1n) is 12.8. The van der Waals surface area contributed by atoms with Gasteiger partial charge in [-0.3, -0.25) is 19.2 Å². The van der Waals surface area contributed by atoms with Gasteiger partial charge in [0, 0.05) is 75.9 Å². The molecule has 0 heterocycles. The van der Waals surface area contributed by atoms with E-state index in [1.165, 1.54) is 0 Å². The van der Waals surface area contributed by atoms with Gasteiger partial charge in [0.2, 0.25) is 11.8 Å². The number of anilines is 2. The lowest BCUT2D eigenvalue weighted by atomic mass is 10.1. The van der Waals surface area contributed by atoms with Gasteiger partial charge >= 0.3 is 0 Å². The van der Waals surface area contributed by atoms with Crippen molar-refractivity contribution < 1.29 is 28.7 Å². The highest BCUT2D eigenvalue weighted by Gasteiger charge is 2.10. The van der Waals surface area contributed by atoms with Crippen LogP contribution in [0.3, 0.4) is 0 Å². The van der Waals surface area contributed by atoms with Crippen LogP contribution >= 0.6 is 0 Å². The fourth-order valence-corrected chi connectivity index (χ4v) is 3.54. The summed E-state index contributed by atoms with van der Waals surface area (Å²) in [5.41, 5.74) is 2.01. The number of amides is 4. The van der Waals surface area contributed by atoms with E-state index in [9.17, 15) is 19.2 Å². The first kappa shape index (κ1) is 30.5. The number of nitrogens with one attached hydrogen (secondary N) is 4. The summed E-state index contributed by atoms with van der Waals surface area (Å²) in [6.07, 6.45) is 3.00. The van der Waals surface area contributed by atoms with E-state index in [2.05, 4.69) is 21.3 Å². The Morgan fingerprint density at radius 3 is 1.45 bits per heavy atom. The van der Waals surface area contributed by atoms with Gasteiger partial charge in [0.25, 0.3) is 11.8 Å². The molecule has 2 aromatic carbocycles. The van der Waals surface area contributed by atoms with E-state index in [0.717, 1.165) is 12.8 Å². The maximum absolute atomic E-state index is 12.3. The van der Waals surface area contributed by atoms with Crippen LogP contribution in [0, 0.1) is 0 Å². The third-order valence-corrected chi connectivity index (χ3v) is 5.50. The molecule has 2 rings (SSSR count). The summed E-state index contributed by atoms with van der Waals surface area (Å²) in [7, 11) is 3.22. The molecule has 0 radical (unpaired) electrons. The summed E-state index contributed by atoms with van der Waals surface area (Å²) in [5, 5.41) is 11.2. The molecule has 10 heteroatoms. The zero-order valence-electron chi connectivity index (χ0n) is 22.1. The zero-order valence-corrected chi connectivity index (χ0v) is 22.1. The summed E-state index contributed by atoms with van der Waals surface area (Å²) in [5.74, 6) is -0.799. The van der Waals surface area contributed by atoms with Gasteiger partial charge in [0.1, 0.15) is 0 Å². The Balaban J connectivity index is 1.69. The monoisotopic (exact) mass is 526 g/mol. The highest BCUT2D eigenvalue weighted by molar-refractivity contribution is 5.98. The van der Waals surface area contributed by atoms with Crippen molar-refractivity contribution in [3.8, 4) is 0 Å². The second kappa shape index (κ2) is 17.7. The molecule has 0 unspecified atom stereocenters. The van der Waals surface area contributed by atoms with Crippen molar-refractivity contribution in [2.75, 3.05) is 51.2 Å². The smallest absolute Gasteiger partial charge is 0.251 e. The fraction of sp³-hybridized carbons (Fsp3) is 0.429. The largest absolute Gasteiger partial charge is 0.385 e. The fourth-order valence-electron chi connectivity index (χ4n) is 3.54. The van der Waals surface area contributed by atoms with Crippen LogP contribution in [0.25, 0.3) is 0 Å². The van der Waals surface area contributed by atoms with E-state index in [4.69, 9.17) is 9.47 Å². The van der Waals surface area contributed by atoms with Crippen LogP contribution in [0.5, 0.6) is 0 Å². The highest BCUT2D eigenvalue weighted by Crippen LogP contribution is 2.14. The molecular formula is C28H38N4O6. The molecule has 0 atom stereocenters. The molecule has 0 aromatic heterocycles. The molecule has 38 heavy (non-hydrogen) atoms. The molecule has 0 saturated carbocycles. The predicted molar refractivity (Wildman–Crippen MR) is 146 cm³/mol. The molecule has 0 fully saturated rings. The van der Waals surface area contributed by atoms with Gasteiger partial charge in [0.15, 0.2) is 0 Å². The van der Waals surface area contributed by atoms with E-state index < -0.39 is 0 Å². The minimum Gasteiger partial charge on any atom is -0.385 e. The Kier molecular flexibility index (Phi) is 14.2. The average molecular weight is 527 g/mol. The second-order valence-corrected chi connectivity index (χ2v) is 8.67. The summed E-state index contributed by atoms with van der Waals surface area (Å²) in [4.78, 5) is 49.1. The summed E-state index contributed by atoms with van der Waals surface area (Å²) in [6, 6.07) is 13.5. The van der Waals surface area contributed by atoms with Crippen LogP contribution in [0.4, 0.5) is 11.4 Å². The minimum absolute atomic E-state index is 0.188. The predicted octanol–water partition coefficient (Wildman–Crippen LogP) is 3.36. The van der Waals surface area contributed by atoms with Crippen molar-refractivity contribution in [2.45, 2.75) is 38.5 Å². The van der Waals surface area contributed by atoms with Crippen molar-refractivity contribution in [3.63, 3.8) is 0 Å². The number of carbonyl (C=O) groups is 4. The number of rotatable bonds is 17. The quantitative estimate of drug-likeness (QED) is 0.234. The Labute approximate surface area is 223 Å². The topological polar surface area (TPSA) is 135 Å². The van der Waals surface area contributed by atoms with Gasteiger partial charge in [-0.1, -0.05) is 12.1 Å². The number of carbonyl (C=O) groups excluding carboxylic acids is 4.